The van der Waals surface area contributed by atoms with E-state index >= 15 is 0 Å². The highest BCUT2D eigenvalue weighted by molar-refractivity contribution is 7.89. The maximum absolute atomic E-state index is 12.4. The number of hydrogen-bond donors (Lipinski definition) is 2. The van der Waals surface area contributed by atoms with Gasteiger partial charge < -0.3 is 5.73 Å². The molecule has 0 spiro atoms. The highest BCUT2D eigenvalue weighted by Crippen LogP contribution is 2.22. The Morgan fingerprint density at radius 2 is 1.85 bits per heavy atom. The first-order chi connectivity index (χ1) is 9.53. The van der Waals surface area contributed by atoms with E-state index in [0.29, 0.717) is 5.69 Å². The van der Waals surface area contributed by atoms with E-state index in [0.717, 1.165) is 37.7 Å². The Hall–Kier alpha value is -1.07. The maximum atomic E-state index is 12.4. The first-order valence-corrected chi connectivity index (χ1v) is 8.92. The van der Waals surface area contributed by atoms with E-state index in [1.807, 2.05) is 6.92 Å². The fraction of sp³-hybridized carbons (Fsp3) is 0.600. The number of anilines is 1. The minimum absolute atomic E-state index is 0.0644. The summed E-state index contributed by atoms with van der Waals surface area (Å²) in [5.74, 6) is 0. The van der Waals surface area contributed by atoms with Crippen LogP contribution >= 0.6 is 0 Å². The van der Waals surface area contributed by atoms with Crippen LogP contribution in [0.2, 0.25) is 0 Å². The lowest BCUT2D eigenvalue weighted by Gasteiger charge is -2.17. The third-order valence-electron chi connectivity index (χ3n) is 3.99. The zero-order valence-electron chi connectivity index (χ0n) is 12.1. The standard InChI is InChI=1S/C15H24N2O2S/c1-2-12-9-10-14(11-15(12)16)20(18,19)17-13-7-5-3-4-6-8-13/h9-11,13,17H,2-8,16H2,1H3. The second-order valence-electron chi connectivity index (χ2n) is 5.52. The topological polar surface area (TPSA) is 72.2 Å². The van der Waals surface area contributed by atoms with Crippen LogP contribution in [-0.2, 0) is 16.4 Å². The number of hydrogen-bond acceptors (Lipinski definition) is 3. The van der Waals surface area contributed by atoms with Gasteiger partial charge in [-0.1, -0.05) is 38.7 Å². The first-order valence-electron chi connectivity index (χ1n) is 7.43. The van der Waals surface area contributed by atoms with Gasteiger partial charge in [-0.25, -0.2) is 13.1 Å². The number of benzene rings is 1. The number of aryl methyl sites for hydroxylation is 1. The molecule has 0 aliphatic heterocycles. The second kappa shape index (κ2) is 6.59. The summed E-state index contributed by atoms with van der Waals surface area (Å²) < 4.78 is 27.6. The van der Waals surface area contributed by atoms with E-state index in [2.05, 4.69) is 4.72 Å². The van der Waals surface area contributed by atoms with E-state index in [9.17, 15) is 8.42 Å². The fourth-order valence-corrected chi connectivity index (χ4v) is 4.09. The lowest BCUT2D eigenvalue weighted by atomic mass is 10.1. The summed E-state index contributed by atoms with van der Waals surface area (Å²) in [6.45, 7) is 2.00. The third kappa shape index (κ3) is 3.73. The molecule has 0 saturated heterocycles. The molecule has 1 aromatic rings. The second-order valence-corrected chi connectivity index (χ2v) is 7.24. The Balaban J connectivity index is 2.15. The molecule has 1 aliphatic rings. The molecule has 3 N–H and O–H groups in total. The van der Waals surface area contributed by atoms with E-state index in [1.54, 1.807) is 18.2 Å². The molecule has 0 heterocycles. The third-order valence-corrected chi connectivity index (χ3v) is 5.50. The smallest absolute Gasteiger partial charge is 0.240 e. The Bertz CT molecular complexity index is 547. The first kappa shape index (κ1) is 15.3. The molecule has 0 radical (unpaired) electrons. The van der Waals surface area contributed by atoms with Crippen molar-refractivity contribution >= 4 is 15.7 Å². The average Bonchev–Trinajstić information content (AvgIpc) is 2.66. The van der Waals surface area contributed by atoms with Crippen LogP contribution in [0.5, 0.6) is 0 Å². The molecule has 0 atom stereocenters. The van der Waals surface area contributed by atoms with Gasteiger partial charge in [0, 0.05) is 11.7 Å². The van der Waals surface area contributed by atoms with Gasteiger partial charge in [0.15, 0.2) is 0 Å². The Kier molecular flexibility index (Phi) is 5.05. The summed E-state index contributed by atoms with van der Waals surface area (Å²) in [6.07, 6.45) is 7.28. The summed E-state index contributed by atoms with van der Waals surface area (Å²) >= 11 is 0. The Morgan fingerprint density at radius 3 is 2.40 bits per heavy atom. The van der Waals surface area contributed by atoms with Crippen LogP contribution < -0.4 is 10.5 Å². The average molecular weight is 296 g/mol. The van der Waals surface area contributed by atoms with Crippen molar-refractivity contribution < 1.29 is 8.42 Å². The highest BCUT2D eigenvalue weighted by atomic mass is 32.2. The van der Waals surface area contributed by atoms with Gasteiger partial charge in [-0.3, -0.25) is 0 Å². The summed E-state index contributed by atoms with van der Waals surface area (Å²) in [7, 11) is -3.45. The van der Waals surface area contributed by atoms with Gasteiger partial charge in [-0.05, 0) is 37.0 Å². The van der Waals surface area contributed by atoms with Crippen molar-refractivity contribution in [3.05, 3.63) is 23.8 Å². The van der Waals surface area contributed by atoms with Crippen molar-refractivity contribution in [2.24, 2.45) is 0 Å². The molecule has 5 heteroatoms. The molecule has 20 heavy (non-hydrogen) atoms. The van der Waals surface area contributed by atoms with Crippen LogP contribution in [0.1, 0.15) is 51.0 Å². The van der Waals surface area contributed by atoms with Gasteiger partial charge in [-0.2, -0.15) is 0 Å². The van der Waals surface area contributed by atoms with Gasteiger partial charge in [0.05, 0.1) is 4.90 Å². The zero-order valence-corrected chi connectivity index (χ0v) is 12.9. The van der Waals surface area contributed by atoms with Crippen LogP contribution in [0.15, 0.2) is 23.1 Å². The number of nitrogens with one attached hydrogen (secondary N) is 1. The molecule has 1 saturated carbocycles. The molecule has 0 amide bonds. The van der Waals surface area contributed by atoms with E-state index in [4.69, 9.17) is 5.73 Å². The number of nitrogens with two attached hydrogens (primary N) is 1. The summed E-state index contributed by atoms with van der Waals surface area (Å²) in [4.78, 5) is 0.274. The molecule has 1 fully saturated rings. The van der Waals surface area contributed by atoms with Gasteiger partial charge in [-0.15, -0.1) is 0 Å². The van der Waals surface area contributed by atoms with Crippen LogP contribution in [0.25, 0.3) is 0 Å². The molecular weight excluding hydrogens is 272 g/mol. The minimum atomic E-state index is -3.45. The lowest BCUT2D eigenvalue weighted by Crippen LogP contribution is -2.34. The molecule has 1 aromatic carbocycles. The number of nitrogen functional groups attached to an aromatic ring is 1. The molecule has 4 nitrogen and oxygen atoms in total. The van der Waals surface area contributed by atoms with Crippen LogP contribution in [-0.4, -0.2) is 14.5 Å². The normalized spacial score (nSPS) is 17.9. The number of rotatable bonds is 4. The van der Waals surface area contributed by atoms with Crippen molar-refractivity contribution in [1.29, 1.82) is 0 Å². The highest BCUT2D eigenvalue weighted by Gasteiger charge is 2.21. The van der Waals surface area contributed by atoms with Crippen molar-refractivity contribution in [2.45, 2.75) is 62.8 Å². The monoisotopic (exact) mass is 296 g/mol. The van der Waals surface area contributed by atoms with Crippen molar-refractivity contribution in [3.8, 4) is 0 Å². The summed E-state index contributed by atoms with van der Waals surface area (Å²) in [5, 5.41) is 0. The molecule has 1 aliphatic carbocycles. The van der Waals surface area contributed by atoms with E-state index < -0.39 is 10.0 Å². The predicted octanol–water partition coefficient (Wildman–Crippen LogP) is 2.83. The van der Waals surface area contributed by atoms with Gasteiger partial charge in [0.1, 0.15) is 0 Å². The van der Waals surface area contributed by atoms with Crippen molar-refractivity contribution in [3.63, 3.8) is 0 Å². The molecule has 2 rings (SSSR count). The van der Waals surface area contributed by atoms with E-state index in [-0.39, 0.29) is 10.9 Å². The van der Waals surface area contributed by atoms with Crippen molar-refractivity contribution in [1.82, 2.24) is 4.72 Å². The summed E-state index contributed by atoms with van der Waals surface area (Å²) in [6, 6.07) is 5.08. The molecule has 0 aromatic heterocycles. The Labute approximate surface area is 121 Å². The SMILES string of the molecule is CCc1ccc(S(=O)(=O)NC2CCCCCC2)cc1N. The van der Waals surface area contributed by atoms with E-state index in [1.165, 1.54) is 12.8 Å². The van der Waals surface area contributed by atoms with Crippen LogP contribution in [0.4, 0.5) is 5.69 Å². The van der Waals surface area contributed by atoms with Crippen molar-refractivity contribution in [2.75, 3.05) is 5.73 Å². The molecule has 112 valence electrons. The summed E-state index contributed by atoms with van der Waals surface area (Å²) in [5.41, 5.74) is 7.43. The number of sulfonamides is 1. The van der Waals surface area contributed by atoms with Gasteiger partial charge in [0.2, 0.25) is 10.0 Å². The molecule has 0 bridgehead atoms. The molecular formula is C15H24N2O2S. The minimum Gasteiger partial charge on any atom is -0.398 e. The predicted molar refractivity (Wildman–Crippen MR) is 82.0 cm³/mol. The Morgan fingerprint density at radius 1 is 1.20 bits per heavy atom. The zero-order chi connectivity index (χ0) is 14.6. The van der Waals surface area contributed by atoms with Gasteiger partial charge in [0.25, 0.3) is 0 Å². The fourth-order valence-electron chi connectivity index (χ4n) is 2.75. The largest absolute Gasteiger partial charge is 0.398 e. The quantitative estimate of drug-likeness (QED) is 0.663. The van der Waals surface area contributed by atoms with Crippen LogP contribution in [0.3, 0.4) is 0 Å². The van der Waals surface area contributed by atoms with Gasteiger partial charge >= 0.3 is 0 Å². The lowest BCUT2D eigenvalue weighted by molar-refractivity contribution is 0.510. The molecule has 0 unspecified atom stereocenters. The maximum Gasteiger partial charge on any atom is 0.240 e. The van der Waals surface area contributed by atoms with Crippen LogP contribution in [0, 0.1) is 0 Å².